The van der Waals surface area contributed by atoms with E-state index < -0.39 is 11.7 Å². The number of hydrazone groups is 1. The minimum Gasteiger partial charge on any atom is -0.388 e. The molecule has 1 aliphatic heterocycles. The van der Waals surface area contributed by atoms with Crippen LogP contribution in [-0.4, -0.2) is 59.8 Å². The van der Waals surface area contributed by atoms with Crippen LogP contribution in [0.25, 0.3) is 5.69 Å². The third-order valence-electron chi connectivity index (χ3n) is 3.75. The Labute approximate surface area is 162 Å². The van der Waals surface area contributed by atoms with Crippen LogP contribution in [0, 0.1) is 12.7 Å². The molecule has 1 unspecified atom stereocenters. The van der Waals surface area contributed by atoms with E-state index in [1.165, 1.54) is 32.8 Å². The van der Waals surface area contributed by atoms with Crippen molar-refractivity contribution < 1.29 is 18.7 Å². The first-order valence-electron chi connectivity index (χ1n) is 8.22. The molecule has 1 aliphatic rings. The zero-order valence-electron chi connectivity index (χ0n) is 16.5. The Hall–Kier alpha value is -3.14. The summed E-state index contributed by atoms with van der Waals surface area (Å²) < 4.78 is 19.1. The van der Waals surface area contributed by atoms with Gasteiger partial charge in [0, 0.05) is 41.0 Å². The van der Waals surface area contributed by atoms with Gasteiger partial charge < -0.3 is 9.53 Å². The molecule has 152 valence electrons. The number of rotatable bonds is 2. The largest absolute Gasteiger partial charge is 0.388 e. The van der Waals surface area contributed by atoms with Crippen LogP contribution in [0.5, 0.6) is 0 Å². The van der Waals surface area contributed by atoms with E-state index in [4.69, 9.17) is 4.79 Å². The van der Waals surface area contributed by atoms with Crippen molar-refractivity contribution in [3.63, 3.8) is 0 Å². The summed E-state index contributed by atoms with van der Waals surface area (Å²) in [6.45, 7) is 3.75. The quantitative estimate of drug-likeness (QED) is 0.759. The second kappa shape index (κ2) is 10.3. The predicted molar refractivity (Wildman–Crippen MR) is 102 cm³/mol. The Morgan fingerprint density at radius 2 is 1.79 bits per heavy atom. The van der Waals surface area contributed by atoms with Crippen molar-refractivity contribution in [2.45, 2.75) is 19.3 Å². The van der Waals surface area contributed by atoms with E-state index in [0.29, 0.717) is 11.3 Å². The Balaban J connectivity index is 0.000000717. The van der Waals surface area contributed by atoms with Crippen molar-refractivity contribution in [1.29, 1.82) is 0 Å². The van der Waals surface area contributed by atoms with Gasteiger partial charge in [0.2, 0.25) is 5.91 Å². The Morgan fingerprint density at radius 1 is 1.18 bits per heavy atom. The van der Waals surface area contributed by atoms with Crippen LogP contribution in [0.2, 0.25) is 0 Å². The van der Waals surface area contributed by atoms with Gasteiger partial charge in [0.15, 0.2) is 0 Å². The lowest BCUT2D eigenvalue weighted by Crippen LogP contribution is -2.31. The molecule has 9 nitrogen and oxygen atoms in total. The van der Waals surface area contributed by atoms with Crippen molar-refractivity contribution >= 4 is 18.9 Å². The Morgan fingerprint density at radius 3 is 2.32 bits per heavy atom. The second-order valence-corrected chi connectivity index (χ2v) is 5.98. The molecule has 1 aromatic carbocycles. The summed E-state index contributed by atoms with van der Waals surface area (Å²) in [5.41, 5.74) is 0.932. The fourth-order valence-corrected chi connectivity index (χ4v) is 2.62. The van der Waals surface area contributed by atoms with Crippen molar-refractivity contribution in [2.75, 3.05) is 21.3 Å². The lowest BCUT2D eigenvalue weighted by Gasteiger charge is -2.19. The van der Waals surface area contributed by atoms with Crippen LogP contribution in [0.1, 0.15) is 23.6 Å². The highest BCUT2D eigenvalue weighted by molar-refractivity contribution is 5.85. The molecule has 0 N–H and O–H groups in total. The number of methoxy groups -OCH3 is 1. The number of hydrogen-bond donors (Lipinski definition) is 0. The molecule has 0 saturated heterocycles. The molecular weight excluding hydrogens is 369 g/mol. The normalized spacial score (nSPS) is 15.4. The lowest BCUT2D eigenvalue weighted by molar-refractivity contribution is -0.130. The van der Waals surface area contributed by atoms with E-state index in [0.717, 1.165) is 0 Å². The predicted octanol–water partition coefficient (Wildman–Crippen LogP) is 1.03. The second-order valence-electron chi connectivity index (χ2n) is 5.98. The molecule has 1 aromatic heterocycles. The summed E-state index contributed by atoms with van der Waals surface area (Å²) in [5.74, 6) is -1.09. The fraction of sp³-hybridized carbons (Fsp3) is 0.389. The topological polar surface area (TPSA) is 98.8 Å². The lowest BCUT2D eigenvalue weighted by atomic mass is 10.0. The van der Waals surface area contributed by atoms with Crippen molar-refractivity contribution in [1.82, 2.24) is 19.6 Å². The molecule has 2 aromatic rings. The SMILES string of the molecule is C=O.COC.Cc1cc(F)cc(-n2c(=O)c(C3C=NN(C)C(=O)C3)nn2C)c1. The van der Waals surface area contributed by atoms with Crippen molar-refractivity contribution in [3.05, 3.63) is 45.6 Å². The first kappa shape index (κ1) is 22.9. The summed E-state index contributed by atoms with van der Waals surface area (Å²) in [6, 6.07) is 4.35. The van der Waals surface area contributed by atoms with Crippen LogP contribution < -0.4 is 5.56 Å². The average Bonchev–Trinajstić information content (AvgIpc) is 2.93. The third-order valence-corrected chi connectivity index (χ3v) is 3.75. The standard InChI is InChI=1S/C15H16FN5O2.C2H6O.CH2O/c1-9-4-11(16)7-12(5-9)21-15(23)14(18-20(21)3)10-6-13(22)19(2)17-8-10;1-3-2;1-2/h4-5,7-8,10H,6H2,1-3H3;1-2H3;1H2. The number of aromatic nitrogens is 3. The maximum atomic E-state index is 13.6. The number of amides is 1. The molecule has 0 fully saturated rings. The van der Waals surface area contributed by atoms with Gasteiger partial charge in [-0.25, -0.2) is 14.2 Å². The fourth-order valence-electron chi connectivity index (χ4n) is 2.62. The first-order valence-corrected chi connectivity index (χ1v) is 8.22. The highest BCUT2D eigenvalue weighted by atomic mass is 19.1. The van der Waals surface area contributed by atoms with E-state index in [-0.39, 0.29) is 23.6 Å². The smallest absolute Gasteiger partial charge is 0.295 e. The van der Waals surface area contributed by atoms with E-state index in [9.17, 15) is 14.0 Å². The van der Waals surface area contributed by atoms with Crippen LogP contribution >= 0.6 is 0 Å². The molecule has 10 heteroatoms. The van der Waals surface area contributed by atoms with Gasteiger partial charge >= 0.3 is 0 Å². The van der Waals surface area contributed by atoms with E-state index in [1.807, 2.05) is 6.79 Å². The summed E-state index contributed by atoms with van der Waals surface area (Å²) in [7, 11) is 6.40. The molecular formula is C18H24FN5O4. The first-order chi connectivity index (χ1) is 13.3. The summed E-state index contributed by atoms with van der Waals surface area (Å²) in [6.07, 6.45) is 1.67. The molecule has 2 heterocycles. The number of carbonyl (C=O) groups is 2. The maximum Gasteiger partial charge on any atom is 0.295 e. The number of benzene rings is 1. The average molecular weight is 393 g/mol. The monoisotopic (exact) mass is 393 g/mol. The highest BCUT2D eigenvalue weighted by Gasteiger charge is 2.27. The molecule has 1 amide bonds. The molecule has 0 bridgehead atoms. The number of nitrogens with zero attached hydrogens (tertiary/aromatic N) is 5. The van der Waals surface area contributed by atoms with E-state index in [1.54, 1.807) is 41.3 Å². The highest BCUT2D eigenvalue weighted by Crippen LogP contribution is 2.19. The van der Waals surface area contributed by atoms with Gasteiger partial charge in [-0.15, -0.1) is 0 Å². The number of carbonyl (C=O) groups excluding carboxylic acids is 2. The molecule has 0 aliphatic carbocycles. The minimum absolute atomic E-state index is 0.133. The molecule has 3 rings (SSSR count). The van der Waals surface area contributed by atoms with Gasteiger partial charge in [0.25, 0.3) is 5.56 Å². The molecule has 0 spiro atoms. The van der Waals surface area contributed by atoms with Gasteiger partial charge in [-0.05, 0) is 30.7 Å². The Bertz CT molecular complexity index is 886. The van der Waals surface area contributed by atoms with E-state index >= 15 is 0 Å². The van der Waals surface area contributed by atoms with Crippen molar-refractivity contribution in [2.24, 2.45) is 12.1 Å². The number of aryl methyl sites for hydroxylation is 2. The van der Waals surface area contributed by atoms with Gasteiger partial charge in [-0.2, -0.15) is 14.9 Å². The van der Waals surface area contributed by atoms with Crippen molar-refractivity contribution in [3.8, 4) is 5.69 Å². The van der Waals surface area contributed by atoms with Gasteiger partial charge in [-0.1, -0.05) is 0 Å². The number of ether oxygens (including phenoxy) is 1. The molecule has 1 atom stereocenters. The molecule has 0 saturated carbocycles. The van der Waals surface area contributed by atoms with Gasteiger partial charge in [-0.3, -0.25) is 9.59 Å². The van der Waals surface area contributed by atoms with Crippen LogP contribution in [0.4, 0.5) is 4.39 Å². The van der Waals surface area contributed by atoms with Crippen LogP contribution in [-0.2, 0) is 21.4 Å². The van der Waals surface area contributed by atoms with E-state index in [2.05, 4.69) is 14.9 Å². The number of hydrogen-bond acceptors (Lipinski definition) is 6. The van der Waals surface area contributed by atoms with Gasteiger partial charge in [0.1, 0.15) is 18.3 Å². The van der Waals surface area contributed by atoms with Crippen LogP contribution in [0.3, 0.4) is 0 Å². The maximum absolute atomic E-state index is 13.6. The summed E-state index contributed by atoms with van der Waals surface area (Å²) >= 11 is 0. The van der Waals surface area contributed by atoms with Gasteiger partial charge in [0.05, 0.1) is 11.6 Å². The Kier molecular flexibility index (Phi) is 8.39. The van der Waals surface area contributed by atoms with Crippen LogP contribution in [0.15, 0.2) is 28.1 Å². The molecule has 28 heavy (non-hydrogen) atoms. The zero-order valence-corrected chi connectivity index (χ0v) is 16.5. The zero-order chi connectivity index (χ0) is 21.4. The number of halogens is 1. The summed E-state index contributed by atoms with van der Waals surface area (Å²) in [4.78, 5) is 33.8. The third kappa shape index (κ3) is 5.19. The summed E-state index contributed by atoms with van der Waals surface area (Å²) in [5, 5.41) is 9.39. The minimum atomic E-state index is -0.478. The molecule has 0 radical (unpaired) electrons.